The number of nitrogens with two attached hydrogens (primary N) is 1. The summed E-state index contributed by atoms with van der Waals surface area (Å²) in [5, 5.41) is 21.7. The lowest BCUT2D eigenvalue weighted by atomic mass is 9.99. The number of aromatic nitrogens is 4. The van der Waals surface area contributed by atoms with Crippen LogP contribution in [-0.4, -0.2) is 54.3 Å². The summed E-state index contributed by atoms with van der Waals surface area (Å²) in [6.07, 6.45) is -8.71. The fourth-order valence-corrected chi connectivity index (χ4v) is 5.57. The average molecular weight is 549 g/mol. The molecular weight excluding hydrogens is 529 g/mol. The van der Waals surface area contributed by atoms with Gasteiger partial charge < -0.3 is 20.7 Å². The van der Waals surface area contributed by atoms with E-state index in [0.717, 1.165) is 12.4 Å². The Kier molecular flexibility index (Phi) is 6.26. The first-order valence-corrected chi connectivity index (χ1v) is 12.2. The van der Waals surface area contributed by atoms with Crippen molar-refractivity contribution in [1.82, 2.24) is 19.5 Å². The molecule has 2 saturated heterocycles. The largest absolute Gasteiger partial charge is 0.477 e. The van der Waals surface area contributed by atoms with Gasteiger partial charge in [-0.1, -0.05) is 6.07 Å². The van der Waals surface area contributed by atoms with Gasteiger partial charge in [-0.2, -0.15) is 13.2 Å². The summed E-state index contributed by atoms with van der Waals surface area (Å²) < 4.78 is 89.0. The zero-order valence-electron chi connectivity index (χ0n) is 18.9. The standard InChI is InChI=1S/C20H20F4N5O7P/c1-19(31)14(30)17(34-18(19)29-8-28-13-15(25)26-7-27-16(13)29)36-37(32)33-5-4-12(35-37)9-2-3-11(21)10(6-9)20(22,23)24/h2-3,6-8,12,14,17-18,30-31H,4-5H2,1H3,(H2,25,26,27)/t12?,14-,17?,18-,19-,37?/m1/s1. The molecule has 1 aromatic carbocycles. The average Bonchev–Trinajstić information content (AvgIpc) is 3.33. The number of anilines is 1. The lowest BCUT2D eigenvalue weighted by Gasteiger charge is -2.31. The maximum Gasteiger partial charge on any atom is 0.477 e. The number of phosphoric acid groups is 1. The van der Waals surface area contributed by atoms with Crippen LogP contribution in [0.4, 0.5) is 23.4 Å². The molecule has 200 valence electrons. The molecule has 3 aromatic rings. The first-order valence-electron chi connectivity index (χ1n) is 10.8. The Morgan fingerprint density at radius 1 is 1.30 bits per heavy atom. The van der Waals surface area contributed by atoms with Gasteiger partial charge >= 0.3 is 14.0 Å². The molecule has 2 aliphatic heterocycles. The quantitative estimate of drug-likeness (QED) is 0.324. The summed E-state index contributed by atoms with van der Waals surface area (Å²) in [5.74, 6) is -1.42. The number of alkyl halides is 3. The lowest BCUT2D eigenvalue weighted by Crippen LogP contribution is -2.44. The van der Waals surface area contributed by atoms with Crippen LogP contribution in [0.5, 0.6) is 0 Å². The third-order valence-electron chi connectivity index (χ3n) is 6.05. The number of fused-ring (bicyclic) bond motifs is 1. The van der Waals surface area contributed by atoms with Crippen molar-refractivity contribution in [2.75, 3.05) is 12.3 Å². The number of aliphatic hydroxyl groups is 2. The van der Waals surface area contributed by atoms with Crippen LogP contribution in [0.25, 0.3) is 11.2 Å². The van der Waals surface area contributed by atoms with E-state index in [4.69, 9.17) is 24.0 Å². The van der Waals surface area contributed by atoms with Gasteiger partial charge in [0.25, 0.3) is 0 Å². The molecule has 37 heavy (non-hydrogen) atoms. The number of hydrogen-bond donors (Lipinski definition) is 3. The van der Waals surface area contributed by atoms with E-state index in [2.05, 4.69) is 15.0 Å². The van der Waals surface area contributed by atoms with Crippen molar-refractivity contribution >= 4 is 24.8 Å². The van der Waals surface area contributed by atoms with Gasteiger partial charge in [-0.05, 0) is 24.6 Å². The molecule has 2 aliphatic rings. The fourth-order valence-electron chi connectivity index (χ4n) is 4.11. The van der Waals surface area contributed by atoms with Gasteiger partial charge in [0.1, 0.15) is 29.4 Å². The van der Waals surface area contributed by atoms with Crippen LogP contribution in [0.3, 0.4) is 0 Å². The molecule has 2 fully saturated rings. The highest BCUT2D eigenvalue weighted by Crippen LogP contribution is 2.59. The number of phosphoric ester groups is 1. The van der Waals surface area contributed by atoms with E-state index in [9.17, 15) is 32.3 Å². The highest BCUT2D eigenvalue weighted by atomic mass is 31.2. The summed E-state index contributed by atoms with van der Waals surface area (Å²) in [7, 11) is -4.55. The van der Waals surface area contributed by atoms with Crippen molar-refractivity contribution in [2.24, 2.45) is 0 Å². The van der Waals surface area contributed by atoms with Crippen molar-refractivity contribution in [3.63, 3.8) is 0 Å². The Hall–Kier alpha value is -2.72. The van der Waals surface area contributed by atoms with Crippen LogP contribution in [0.1, 0.15) is 36.8 Å². The van der Waals surface area contributed by atoms with Crippen LogP contribution in [0.15, 0.2) is 30.9 Å². The topological polar surface area (TPSA) is 164 Å². The number of aliphatic hydroxyl groups excluding tert-OH is 1. The van der Waals surface area contributed by atoms with E-state index >= 15 is 0 Å². The molecule has 0 spiro atoms. The predicted octanol–water partition coefficient (Wildman–Crippen LogP) is 2.84. The van der Waals surface area contributed by atoms with Crippen molar-refractivity contribution in [1.29, 1.82) is 0 Å². The number of rotatable bonds is 4. The first-order chi connectivity index (χ1) is 17.3. The minimum absolute atomic E-state index is 0.0210. The molecule has 17 heteroatoms. The first kappa shape index (κ1) is 25.9. The minimum Gasteiger partial charge on any atom is -0.385 e. The molecule has 0 bridgehead atoms. The van der Waals surface area contributed by atoms with Gasteiger partial charge in [-0.25, -0.2) is 23.9 Å². The summed E-state index contributed by atoms with van der Waals surface area (Å²) >= 11 is 0. The molecule has 12 nitrogen and oxygen atoms in total. The second-order valence-electron chi connectivity index (χ2n) is 8.62. The molecule has 2 aromatic heterocycles. The van der Waals surface area contributed by atoms with Gasteiger partial charge in [0.2, 0.25) is 6.29 Å². The van der Waals surface area contributed by atoms with Crippen LogP contribution in [0, 0.1) is 5.82 Å². The molecule has 4 heterocycles. The number of nitrogen functional groups attached to an aromatic ring is 1. The number of halogens is 4. The number of imidazole rings is 1. The van der Waals surface area contributed by atoms with Crippen LogP contribution in [0.2, 0.25) is 0 Å². The Morgan fingerprint density at radius 2 is 2.05 bits per heavy atom. The molecule has 0 aliphatic carbocycles. The van der Waals surface area contributed by atoms with Crippen molar-refractivity contribution in [3.8, 4) is 0 Å². The maximum atomic E-state index is 13.7. The fraction of sp³-hybridized carbons (Fsp3) is 0.450. The molecule has 3 unspecified atom stereocenters. The Balaban J connectivity index is 1.38. The smallest absolute Gasteiger partial charge is 0.385 e. The highest BCUT2D eigenvalue weighted by Gasteiger charge is 2.57. The van der Waals surface area contributed by atoms with E-state index < -0.39 is 55.7 Å². The van der Waals surface area contributed by atoms with Crippen LogP contribution >= 0.6 is 7.82 Å². The van der Waals surface area contributed by atoms with E-state index in [1.165, 1.54) is 17.8 Å². The molecule has 4 N–H and O–H groups in total. The Labute approximate surface area is 205 Å². The molecule has 5 rings (SSSR count). The zero-order chi connectivity index (χ0) is 26.8. The van der Waals surface area contributed by atoms with Crippen molar-refractivity contribution in [3.05, 3.63) is 47.8 Å². The van der Waals surface area contributed by atoms with Crippen molar-refractivity contribution in [2.45, 2.75) is 49.8 Å². The van der Waals surface area contributed by atoms with Crippen LogP contribution < -0.4 is 5.73 Å². The summed E-state index contributed by atoms with van der Waals surface area (Å²) in [5.41, 5.74) is 2.48. The third kappa shape index (κ3) is 4.58. The van der Waals surface area contributed by atoms with Gasteiger partial charge in [-0.3, -0.25) is 18.1 Å². The van der Waals surface area contributed by atoms with E-state index in [1.807, 2.05) is 0 Å². The lowest BCUT2D eigenvalue weighted by molar-refractivity contribution is -0.145. The zero-order valence-corrected chi connectivity index (χ0v) is 19.8. The van der Waals surface area contributed by atoms with E-state index in [0.29, 0.717) is 12.1 Å². The predicted molar refractivity (Wildman–Crippen MR) is 115 cm³/mol. The SMILES string of the molecule is C[C@@]1(O)[C@H](O)C(OP2(=O)OCCC(c3ccc(F)c(C(F)(F)F)c3)O2)O[C@H]1n1cnc2c(N)ncnc21. The van der Waals surface area contributed by atoms with E-state index in [-0.39, 0.29) is 35.6 Å². The monoisotopic (exact) mass is 549 g/mol. The van der Waals surface area contributed by atoms with Crippen molar-refractivity contribution < 1.29 is 50.6 Å². The highest BCUT2D eigenvalue weighted by molar-refractivity contribution is 7.48. The Bertz CT molecular complexity index is 1390. The van der Waals surface area contributed by atoms with Crippen LogP contribution in [-0.2, 0) is 29.0 Å². The molecule has 0 radical (unpaired) electrons. The number of nitrogens with zero attached hydrogens (tertiary/aromatic N) is 4. The second-order valence-corrected chi connectivity index (χ2v) is 10.2. The Morgan fingerprint density at radius 3 is 2.78 bits per heavy atom. The molecule has 0 amide bonds. The molecule has 0 saturated carbocycles. The number of benzene rings is 1. The van der Waals surface area contributed by atoms with Gasteiger partial charge in [0.15, 0.2) is 17.7 Å². The maximum absolute atomic E-state index is 13.7. The van der Waals surface area contributed by atoms with Gasteiger partial charge in [0, 0.05) is 6.42 Å². The number of ether oxygens (including phenoxy) is 1. The molecule has 6 atom stereocenters. The summed E-state index contributed by atoms with van der Waals surface area (Å²) in [4.78, 5) is 11.9. The normalized spacial score (nSPS) is 32.7. The van der Waals surface area contributed by atoms with Gasteiger partial charge in [0.05, 0.1) is 24.6 Å². The third-order valence-corrected chi connectivity index (χ3v) is 7.52. The molecular formula is C20H20F4N5O7P. The summed E-state index contributed by atoms with van der Waals surface area (Å²) in [6.45, 7) is 0.965. The second kappa shape index (κ2) is 8.94. The van der Waals surface area contributed by atoms with Gasteiger partial charge in [-0.15, -0.1) is 0 Å². The van der Waals surface area contributed by atoms with E-state index in [1.54, 1.807) is 0 Å². The minimum atomic E-state index is -4.96. The number of hydrogen-bond acceptors (Lipinski definition) is 11. The summed E-state index contributed by atoms with van der Waals surface area (Å²) in [6, 6.07) is 2.24.